The molecule has 10 heteroatoms. The number of fused-ring (bicyclic) bond motifs is 2. The van der Waals surface area contributed by atoms with Gasteiger partial charge in [-0.25, -0.2) is 19.6 Å². The Morgan fingerprint density at radius 3 is 2.55 bits per heavy atom. The number of anilines is 1. The van der Waals surface area contributed by atoms with Crippen molar-refractivity contribution in [1.29, 1.82) is 0 Å². The molecule has 0 aliphatic carbocycles. The number of aromatic nitrogens is 7. The van der Waals surface area contributed by atoms with Gasteiger partial charge >= 0.3 is 0 Å². The number of nitrogens with two attached hydrogens (primary N) is 1. The predicted molar refractivity (Wildman–Crippen MR) is 124 cm³/mol. The van der Waals surface area contributed by atoms with E-state index in [0.717, 1.165) is 5.69 Å². The summed E-state index contributed by atoms with van der Waals surface area (Å²) in [6.07, 6.45) is 4.99. The van der Waals surface area contributed by atoms with Crippen molar-refractivity contribution in [2.24, 2.45) is 0 Å². The van der Waals surface area contributed by atoms with E-state index in [4.69, 9.17) is 10.7 Å². The first-order valence-corrected chi connectivity index (χ1v) is 10.6. The maximum Gasteiger partial charge on any atom is 0.281 e. The lowest BCUT2D eigenvalue weighted by Gasteiger charge is -2.15. The van der Waals surface area contributed by atoms with Gasteiger partial charge in [-0.2, -0.15) is 9.77 Å². The standard InChI is InChI=1S/C19H15BrN8O.C2H6/c1-11-15-17(21)22-10-23-18(15)27(25-11)9-14-24-13-6-4-5-12(20)16(13)19(29)28(14)26-7-2-3-8-26;1-2/h2-8,10H,9H2,1H3,(H2,21,22,23);1-2H3. The number of halogens is 1. The largest absolute Gasteiger partial charge is 0.383 e. The molecule has 0 radical (unpaired) electrons. The third kappa shape index (κ3) is 3.48. The van der Waals surface area contributed by atoms with Gasteiger partial charge < -0.3 is 5.73 Å². The summed E-state index contributed by atoms with van der Waals surface area (Å²) >= 11 is 3.47. The van der Waals surface area contributed by atoms with Crippen molar-refractivity contribution in [3.05, 3.63) is 75.4 Å². The quantitative estimate of drug-likeness (QED) is 0.423. The van der Waals surface area contributed by atoms with Crippen molar-refractivity contribution in [2.45, 2.75) is 27.3 Å². The third-order valence-corrected chi connectivity index (χ3v) is 5.40. The van der Waals surface area contributed by atoms with Gasteiger partial charge in [-0.05, 0) is 47.1 Å². The van der Waals surface area contributed by atoms with E-state index in [2.05, 4.69) is 31.0 Å². The monoisotopic (exact) mass is 480 g/mol. The van der Waals surface area contributed by atoms with Crippen LogP contribution in [0.2, 0.25) is 0 Å². The molecular formula is C21H21BrN8O. The zero-order valence-electron chi connectivity index (χ0n) is 17.3. The average molecular weight is 481 g/mol. The van der Waals surface area contributed by atoms with E-state index in [0.29, 0.717) is 38.1 Å². The van der Waals surface area contributed by atoms with E-state index in [-0.39, 0.29) is 12.1 Å². The highest BCUT2D eigenvalue weighted by molar-refractivity contribution is 9.10. The van der Waals surface area contributed by atoms with Gasteiger partial charge in [-0.3, -0.25) is 9.47 Å². The van der Waals surface area contributed by atoms with Gasteiger partial charge in [-0.15, -0.1) is 0 Å². The summed E-state index contributed by atoms with van der Waals surface area (Å²) in [4.78, 5) is 26.5. The molecule has 5 aromatic rings. The zero-order chi connectivity index (χ0) is 22.1. The predicted octanol–water partition coefficient (Wildman–Crippen LogP) is 3.38. The van der Waals surface area contributed by atoms with E-state index in [9.17, 15) is 4.79 Å². The Kier molecular flexibility index (Phi) is 5.55. The van der Waals surface area contributed by atoms with E-state index < -0.39 is 0 Å². The molecule has 0 unspecified atom stereocenters. The second-order valence-electron chi connectivity index (χ2n) is 6.54. The average Bonchev–Trinajstić information content (AvgIpc) is 3.39. The lowest BCUT2D eigenvalue weighted by Crippen LogP contribution is -2.31. The maximum atomic E-state index is 13.4. The van der Waals surface area contributed by atoms with Gasteiger partial charge in [-0.1, -0.05) is 19.9 Å². The molecule has 4 heterocycles. The van der Waals surface area contributed by atoms with Gasteiger partial charge in [0.15, 0.2) is 11.5 Å². The first-order chi connectivity index (χ1) is 15.0. The molecule has 0 spiro atoms. The smallest absolute Gasteiger partial charge is 0.281 e. The van der Waals surface area contributed by atoms with Crippen LogP contribution in [0.1, 0.15) is 25.4 Å². The number of hydrogen-bond donors (Lipinski definition) is 1. The van der Waals surface area contributed by atoms with E-state index in [1.54, 1.807) is 21.8 Å². The minimum absolute atomic E-state index is 0.184. The lowest BCUT2D eigenvalue weighted by atomic mass is 10.2. The molecule has 0 atom stereocenters. The number of benzene rings is 1. The van der Waals surface area contributed by atoms with Gasteiger partial charge in [0.25, 0.3) is 5.56 Å². The van der Waals surface area contributed by atoms with Crippen LogP contribution in [-0.4, -0.2) is 34.1 Å². The molecular weight excluding hydrogens is 460 g/mol. The van der Waals surface area contributed by atoms with Crippen molar-refractivity contribution < 1.29 is 0 Å². The number of hydrogen-bond acceptors (Lipinski definition) is 6. The number of aryl methyl sites for hydroxylation is 1. The molecule has 0 bridgehead atoms. The highest BCUT2D eigenvalue weighted by Crippen LogP contribution is 2.22. The van der Waals surface area contributed by atoms with Crippen LogP contribution in [0.3, 0.4) is 0 Å². The molecule has 0 amide bonds. The minimum atomic E-state index is -0.184. The molecule has 0 aliphatic rings. The zero-order valence-corrected chi connectivity index (χ0v) is 18.9. The van der Waals surface area contributed by atoms with Crippen LogP contribution in [0.4, 0.5) is 5.82 Å². The molecule has 5 rings (SSSR count). The topological polar surface area (TPSA) is 109 Å². The number of rotatable bonds is 3. The van der Waals surface area contributed by atoms with E-state index in [1.165, 1.54) is 11.0 Å². The Morgan fingerprint density at radius 1 is 1.06 bits per heavy atom. The molecule has 1 aromatic carbocycles. The second-order valence-corrected chi connectivity index (χ2v) is 7.40. The fourth-order valence-corrected chi connectivity index (χ4v) is 4.01. The Bertz CT molecular complexity index is 1440. The van der Waals surface area contributed by atoms with Crippen molar-refractivity contribution >= 4 is 43.7 Å². The summed E-state index contributed by atoms with van der Waals surface area (Å²) in [5.74, 6) is 0.885. The number of nitrogens with zero attached hydrogens (tertiary/aromatic N) is 7. The van der Waals surface area contributed by atoms with Crippen molar-refractivity contribution in [1.82, 2.24) is 34.1 Å². The van der Waals surface area contributed by atoms with Crippen LogP contribution in [0.5, 0.6) is 0 Å². The first-order valence-electron chi connectivity index (χ1n) is 9.82. The fourth-order valence-electron chi connectivity index (χ4n) is 3.48. The van der Waals surface area contributed by atoms with Gasteiger partial charge in [0, 0.05) is 16.9 Å². The summed E-state index contributed by atoms with van der Waals surface area (Å²) in [6.45, 7) is 6.08. The third-order valence-electron chi connectivity index (χ3n) is 4.74. The summed E-state index contributed by atoms with van der Waals surface area (Å²) in [5, 5.41) is 5.77. The van der Waals surface area contributed by atoms with Crippen LogP contribution in [0, 0.1) is 6.92 Å². The summed E-state index contributed by atoms with van der Waals surface area (Å²) in [6, 6.07) is 9.19. The Labute approximate surface area is 186 Å². The highest BCUT2D eigenvalue weighted by atomic mass is 79.9. The van der Waals surface area contributed by atoms with Crippen LogP contribution in [0.25, 0.3) is 21.9 Å². The molecule has 158 valence electrons. The van der Waals surface area contributed by atoms with Gasteiger partial charge in [0.1, 0.15) is 18.7 Å². The van der Waals surface area contributed by atoms with Crippen molar-refractivity contribution in [3.63, 3.8) is 0 Å². The highest BCUT2D eigenvalue weighted by Gasteiger charge is 2.18. The molecule has 4 aromatic heterocycles. The maximum absolute atomic E-state index is 13.4. The first kappa shape index (κ1) is 20.7. The Balaban J connectivity index is 0.00000112. The van der Waals surface area contributed by atoms with Crippen molar-refractivity contribution in [3.8, 4) is 0 Å². The van der Waals surface area contributed by atoms with Crippen molar-refractivity contribution in [2.75, 3.05) is 5.73 Å². The minimum Gasteiger partial charge on any atom is -0.383 e. The second kappa shape index (κ2) is 8.31. The summed E-state index contributed by atoms with van der Waals surface area (Å²) in [7, 11) is 0. The van der Waals surface area contributed by atoms with Crippen LogP contribution in [-0.2, 0) is 6.54 Å². The Morgan fingerprint density at radius 2 is 1.81 bits per heavy atom. The van der Waals surface area contributed by atoms with Gasteiger partial charge in [0.2, 0.25) is 0 Å². The van der Waals surface area contributed by atoms with E-state index >= 15 is 0 Å². The van der Waals surface area contributed by atoms with Gasteiger partial charge in [0.05, 0.1) is 22.0 Å². The van der Waals surface area contributed by atoms with Crippen LogP contribution in [0.15, 0.2) is 58.3 Å². The Hall–Kier alpha value is -3.53. The summed E-state index contributed by atoms with van der Waals surface area (Å²) < 4.78 is 5.61. The SMILES string of the molecule is CC.Cc1nn(Cc2nc3cccc(Br)c3c(=O)n2-n2cccc2)c2ncnc(N)c12. The summed E-state index contributed by atoms with van der Waals surface area (Å²) in [5.41, 5.74) is 7.73. The molecule has 0 fully saturated rings. The lowest BCUT2D eigenvalue weighted by molar-refractivity contribution is 0.546. The normalized spacial score (nSPS) is 11.0. The molecule has 0 aliphatic heterocycles. The molecule has 9 nitrogen and oxygen atoms in total. The molecule has 31 heavy (non-hydrogen) atoms. The van der Waals surface area contributed by atoms with E-state index in [1.807, 2.05) is 51.1 Å². The molecule has 0 saturated heterocycles. The molecule has 2 N–H and O–H groups in total. The molecule has 0 saturated carbocycles. The van der Waals surface area contributed by atoms with Crippen LogP contribution < -0.4 is 11.3 Å². The van der Waals surface area contributed by atoms with Crippen LogP contribution >= 0.6 is 15.9 Å². The fraction of sp³-hybridized carbons (Fsp3) is 0.190. The number of nitrogen functional groups attached to an aromatic ring is 1.